The zero-order valence-electron chi connectivity index (χ0n) is 19.9. The van der Waals surface area contributed by atoms with Gasteiger partial charge in [-0.2, -0.15) is 0 Å². The SMILES string of the molecule is O=C(Nc1ccc(Cl)cn1)[C@@H]1[C@H](C(=O)Nc2ccc(-n3ccccc3=O)cc2F)[C@H]1C(=O)N1CCC(O)C1. The first-order valence-electron chi connectivity index (χ1n) is 11.9. The van der Waals surface area contributed by atoms with Crippen molar-refractivity contribution in [1.82, 2.24) is 14.5 Å². The molecule has 2 aliphatic rings. The van der Waals surface area contributed by atoms with E-state index in [2.05, 4.69) is 15.6 Å². The number of nitrogens with one attached hydrogen (secondary N) is 2. The minimum Gasteiger partial charge on any atom is -0.391 e. The predicted octanol–water partition coefficient (Wildman–Crippen LogP) is 2.06. The lowest BCUT2D eigenvalue weighted by Gasteiger charge is -2.15. The summed E-state index contributed by atoms with van der Waals surface area (Å²) in [6, 6.07) is 11.4. The molecule has 0 bridgehead atoms. The largest absolute Gasteiger partial charge is 0.391 e. The summed E-state index contributed by atoms with van der Waals surface area (Å²) in [7, 11) is 0. The molecule has 2 aromatic heterocycles. The molecule has 1 aromatic carbocycles. The van der Waals surface area contributed by atoms with Gasteiger partial charge in [0.25, 0.3) is 5.56 Å². The molecule has 3 amide bonds. The van der Waals surface area contributed by atoms with Gasteiger partial charge >= 0.3 is 0 Å². The summed E-state index contributed by atoms with van der Waals surface area (Å²) in [5.74, 6) is -5.34. The Morgan fingerprint density at radius 1 is 1.03 bits per heavy atom. The van der Waals surface area contributed by atoms with E-state index in [1.807, 2.05) is 0 Å². The van der Waals surface area contributed by atoms with Gasteiger partial charge in [-0.1, -0.05) is 17.7 Å². The number of aromatic nitrogens is 2. The van der Waals surface area contributed by atoms with E-state index in [9.17, 15) is 28.7 Å². The molecular weight excluding hydrogens is 517 g/mol. The van der Waals surface area contributed by atoms with Crippen molar-refractivity contribution in [3.63, 3.8) is 0 Å². The first kappa shape index (κ1) is 25.6. The van der Waals surface area contributed by atoms with Crippen LogP contribution in [0.4, 0.5) is 15.9 Å². The van der Waals surface area contributed by atoms with E-state index >= 15 is 0 Å². The lowest BCUT2D eigenvalue weighted by Crippen LogP contribution is -2.33. The fourth-order valence-electron chi connectivity index (χ4n) is 4.69. The molecule has 1 saturated carbocycles. The van der Waals surface area contributed by atoms with Crippen molar-refractivity contribution in [2.45, 2.75) is 12.5 Å². The van der Waals surface area contributed by atoms with Gasteiger partial charge in [0.1, 0.15) is 11.6 Å². The summed E-state index contributed by atoms with van der Waals surface area (Å²) in [6.07, 6.45) is 2.57. The number of carbonyl (C=O) groups is 3. The van der Waals surface area contributed by atoms with E-state index < -0.39 is 47.4 Å². The normalized spacial score (nSPS) is 22.1. The summed E-state index contributed by atoms with van der Waals surface area (Å²) < 4.78 is 16.2. The van der Waals surface area contributed by atoms with Gasteiger partial charge in [-0.25, -0.2) is 9.37 Å². The molecule has 1 aliphatic carbocycles. The van der Waals surface area contributed by atoms with E-state index in [1.165, 1.54) is 52.2 Å². The molecular formula is C26H23ClFN5O5. The Morgan fingerprint density at radius 2 is 1.79 bits per heavy atom. The zero-order chi connectivity index (χ0) is 27.0. The van der Waals surface area contributed by atoms with Crippen LogP contribution in [-0.4, -0.2) is 56.5 Å². The molecule has 1 aliphatic heterocycles. The molecule has 1 unspecified atom stereocenters. The van der Waals surface area contributed by atoms with Crippen molar-refractivity contribution in [1.29, 1.82) is 0 Å². The molecule has 3 N–H and O–H groups in total. The van der Waals surface area contributed by atoms with E-state index in [0.717, 1.165) is 6.07 Å². The number of hydrogen-bond acceptors (Lipinski definition) is 6. The third-order valence-electron chi connectivity index (χ3n) is 6.68. The Bertz CT molecular complexity index is 1460. The highest BCUT2D eigenvalue weighted by atomic mass is 35.5. The second-order valence-corrected chi connectivity index (χ2v) is 9.65. The summed E-state index contributed by atoms with van der Waals surface area (Å²) in [5, 5.41) is 15.3. The summed E-state index contributed by atoms with van der Waals surface area (Å²) in [6.45, 7) is 0.429. The van der Waals surface area contributed by atoms with Gasteiger partial charge < -0.3 is 20.6 Å². The van der Waals surface area contributed by atoms with Crippen molar-refractivity contribution < 1.29 is 23.9 Å². The predicted molar refractivity (Wildman–Crippen MR) is 136 cm³/mol. The number of β-amino-alcohol motifs (C(OH)–C–C–N with tert-alkyl or cyclic N) is 1. The quantitative estimate of drug-likeness (QED) is 0.439. The molecule has 2 fully saturated rings. The number of carbonyl (C=O) groups excluding carboxylic acids is 3. The Morgan fingerprint density at radius 3 is 2.42 bits per heavy atom. The number of nitrogens with zero attached hydrogens (tertiary/aromatic N) is 3. The number of anilines is 2. The van der Waals surface area contributed by atoms with Crippen molar-refractivity contribution in [3.8, 4) is 5.69 Å². The average molecular weight is 540 g/mol. The topological polar surface area (TPSA) is 134 Å². The molecule has 3 heterocycles. The van der Waals surface area contributed by atoms with Crippen LogP contribution in [0, 0.1) is 23.6 Å². The number of aliphatic hydroxyl groups is 1. The number of amides is 3. The van der Waals surface area contributed by atoms with Gasteiger partial charge in [0.05, 0.1) is 40.3 Å². The Labute approximate surface area is 221 Å². The van der Waals surface area contributed by atoms with Crippen LogP contribution in [0.25, 0.3) is 5.69 Å². The lowest BCUT2D eigenvalue weighted by atomic mass is 10.2. The molecule has 3 aromatic rings. The highest BCUT2D eigenvalue weighted by molar-refractivity contribution is 6.30. The van der Waals surface area contributed by atoms with E-state index in [-0.39, 0.29) is 29.3 Å². The summed E-state index contributed by atoms with van der Waals surface area (Å²) in [5.41, 5.74) is -0.235. The first-order valence-corrected chi connectivity index (χ1v) is 12.3. The fraction of sp³-hybridized carbons (Fsp3) is 0.269. The zero-order valence-corrected chi connectivity index (χ0v) is 20.6. The maximum Gasteiger partial charge on any atom is 0.255 e. The van der Waals surface area contributed by atoms with Gasteiger partial charge in [-0.15, -0.1) is 0 Å². The maximum atomic E-state index is 14.9. The number of rotatable bonds is 6. The van der Waals surface area contributed by atoms with Gasteiger partial charge in [0.2, 0.25) is 17.7 Å². The van der Waals surface area contributed by atoms with Crippen LogP contribution >= 0.6 is 11.6 Å². The number of hydrogen-bond donors (Lipinski definition) is 3. The van der Waals surface area contributed by atoms with Gasteiger partial charge in [-0.05, 0) is 36.8 Å². The second-order valence-electron chi connectivity index (χ2n) is 9.22. The van der Waals surface area contributed by atoms with Crippen LogP contribution in [0.15, 0.2) is 65.7 Å². The lowest BCUT2D eigenvalue weighted by molar-refractivity contribution is -0.134. The number of likely N-dealkylation sites (tertiary alicyclic amines) is 1. The molecule has 12 heteroatoms. The number of halogens is 2. The Balaban J connectivity index is 1.34. The number of pyridine rings is 2. The van der Waals surface area contributed by atoms with Crippen molar-refractivity contribution in [2.24, 2.45) is 17.8 Å². The summed E-state index contributed by atoms with van der Waals surface area (Å²) in [4.78, 5) is 56.8. The molecule has 4 atom stereocenters. The highest BCUT2D eigenvalue weighted by Crippen LogP contribution is 2.49. The van der Waals surface area contributed by atoms with Gasteiger partial charge in [-0.3, -0.25) is 23.7 Å². The van der Waals surface area contributed by atoms with E-state index in [1.54, 1.807) is 12.1 Å². The molecule has 196 valence electrons. The van der Waals surface area contributed by atoms with E-state index in [4.69, 9.17) is 11.6 Å². The molecule has 38 heavy (non-hydrogen) atoms. The average Bonchev–Trinajstić information content (AvgIpc) is 3.51. The molecule has 10 nitrogen and oxygen atoms in total. The van der Waals surface area contributed by atoms with Crippen LogP contribution in [0.5, 0.6) is 0 Å². The van der Waals surface area contributed by atoms with Crippen LogP contribution in [0.3, 0.4) is 0 Å². The van der Waals surface area contributed by atoms with Gasteiger partial charge in [0, 0.05) is 37.6 Å². The van der Waals surface area contributed by atoms with Crippen molar-refractivity contribution >= 4 is 40.8 Å². The van der Waals surface area contributed by atoms with Crippen molar-refractivity contribution in [3.05, 3.63) is 82.1 Å². The molecule has 1 saturated heterocycles. The molecule has 0 radical (unpaired) electrons. The third kappa shape index (κ3) is 5.15. The standard InChI is InChI=1S/C26H23ClFN5O5/c27-14-4-7-19(29-12-14)31-25(37)22-21(23(22)26(38)32-10-8-16(34)13-32)24(36)30-18-6-5-15(11-17(18)28)33-9-2-1-3-20(33)35/h1-7,9,11-12,16,21-23,34H,8,10,13H2,(H,30,36)(H,29,31,37)/t16?,21-,22+,23+/m0/s1. The van der Waals surface area contributed by atoms with Crippen molar-refractivity contribution in [2.75, 3.05) is 23.7 Å². The Kier molecular flexibility index (Phi) is 6.96. The first-order chi connectivity index (χ1) is 18.2. The monoisotopic (exact) mass is 539 g/mol. The van der Waals surface area contributed by atoms with Gasteiger partial charge in [0.15, 0.2) is 0 Å². The maximum absolute atomic E-state index is 14.9. The second kappa shape index (κ2) is 10.3. The number of benzene rings is 1. The smallest absolute Gasteiger partial charge is 0.255 e. The summed E-state index contributed by atoms with van der Waals surface area (Å²) >= 11 is 5.83. The van der Waals surface area contributed by atoms with Crippen LogP contribution in [0.2, 0.25) is 5.02 Å². The minimum absolute atomic E-state index is 0.117. The van der Waals surface area contributed by atoms with E-state index in [0.29, 0.717) is 18.0 Å². The fourth-order valence-corrected chi connectivity index (χ4v) is 4.81. The van der Waals surface area contributed by atoms with Crippen LogP contribution in [0.1, 0.15) is 6.42 Å². The third-order valence-corrected chi connectivity index (χ3v) is 6.90. The van der Waals surface area contributed by atoms with Crippen LogP contribution < -0.4 is 16.2 Å². The highest BCUT2D eigenvalue weighted by Gasteiger charge is 2.63. The number of aliphatic hydroxyl groups excluding tert-OH is 1. The molecule has 5 rings (SSSR count). The molecule has 0 spiro atoms. The van der Waals surface area contributed by atoms with Crippen LogP contribution in [-0.2, 0) is 14.4 Å². The minimum atomic E-state index is -1.05. The Hall–Kier alpha value is -4.09.